The van der Waals surface area contributed by atoms with Gasteiger partial charge in [0.05, 0.1) is 19.3 Å². The molecule has 0 aliphatic heterocycles. The number of hydrogen-bond acceptors (Lipinski definition) is 7. The van der Waals surface area contributed by atoms with E-state index in [2.05, 4.69) is 15.3 Å². The molecule has 2 fully saturated rings. The number of rotatable bonds is 9. The summed E-state index contributed by atoms with van der Waals surface area (Å²) in [4.78, 5) is 20.7. The Hall–Kier alpha value is -2.00. The Morgan fingerprint density at radius 3 is 2.79 bits per heavy atom. The second-order valence-corrected chi connectivity index (χ2v) is 8.91. The first kappa shape index (κ1) is 20.3. The monoisotopic (exact) mass is 423 g/mol. The maximum absolute atomic E-state index is 12.9. The summed E-state index contributed by atoms with van der Waals surface area (Å²) in [5, 5.41) is 3.35. The molecular weight excluding hydrogens is 397 g/mol. The van der Waals surface area contributed by atoms with Gasteiger partial charge >= 0.3 is 0 Å². The molecule has 1 atom stereocenters. The third-order valence-electron chi connectivity index (χ3n) is 5.21. The van der Waals surface area contributed by atoms with Gasteiger partial charge in [-0.3, -0.25) is 4.79 Å². The molecule has 2 aromatic rings. The van der Waals surface area contributed by atoms with Crippen LogP contribution in [0.1, 0.15) is 39.5 Å². The number of aromatic nitrogens is 2. The van der Waals surface area contributed by atoms with Crippen LogP contribution in [-0.2, 0) is 9.53 Å². The molecule has 2 heterocycles. The number of nitrogens with zero attached hydrogens (tertiary/aromatic N) is 2. The lowest BCUT2D eigenvalue weighted by Gasteiger charge is -2.35. The Kier molecular flexibility index (Phi) is 6.15. The highest BCUT2D eigenvalue weighted by molar-refractivity contribution is 7.19. The third kappa shape index (κ3) is 5.33. The minimum Gasteiger partial charge on any atom is -0.477 e. The second kappa shape index (κ2) is 8.79. The van der Waals surface area contributed by atoms with Crippen molar-refractivity contribution in [1.29, 1.82) is 0 Å². The van der Waals surface area contributed by atoms with Gasteiger partial charge < -0.3 is 19.5 Å². The van der Waals surface area contributed by atoms with Gasteiger partial charge in [-0.1, -0.05) is 11.3 Å². The number of carbonyl (C=O) groups is 1. The standard InChI is InChI=1S/C20H26FN3O4S/c1-11(22-12(2)25)9-26-15-5-13(6-15)10-27-18-4-3-17-19(24-18)29-20(23-17)28-16-7-14(21)8-16/h3-4,11,13-16H,5-10H2,1-2H3,(H,22,25)/t11-,13-,14-,15-,16+/m0/s1. The smallest absolute Gasteiger partial charge is 0.276 e. The fourth-order valence-corrected chi connectivity index (χ4v) is 4.32. The van der Waals surface area contributed by atoms with Gasteiger partial charge in [-0.15, -0.1) is 0 Å². The van der Waals surface area contributed by atoms with Crippen LogP contribution in [0.5, 0.6) is 11.1 Å². The van der Waals surface area contributed by atoms with Crippen molar-refractivity contribution in [2.75, 3.05) is 13.2 Å². The maximum atomic E-state index is 12.9. The molecule has 7 nitrogen and oxygen atoms in total. The van der Waals surface area contributed by atoms with Crippen LogP contribution in [0.4, 0.5) is 4.39 Å². The van der Waals surface area contributed by atoms with E-state index in [-0.39, 0.29) is 24.2 Å². The van der Waals surface area contributed by atoms with Crippen LogP contribution in [-0.4, -0.2) is 53.5 Å². The van der Waals surface area contributed by atoms with Gasteiger partial charge in [-0.2, -0.15) is 0 Å². The van der Waals surface area contributed by atoms with E-state index in [4.69, 9.17) is 14.2 Å². The van der Waals surface area contributed by atoms with E-state index in [1.165, 1.54) is 18.3 Å². The first-order valence-electron chi connectivity index (χ1n) is 10.0. The second-order valence-electron chi connectivity index (χ2n) is 7.97. The zero-order valence-corrected chi connectivity index (χ0v) is 17.4. The van der Waals surface area contributed by atoms with Crippen molar-refractivity contribution < 1.29 is 23.4 Å². The molecule has 4 rings (SSSR count). The number of fused-ring (bicyclic) bond motifs is 1. The molecule has 0 aromatic carbocycles. The first-order valence-corrected chi connectivity index (χ1v) is 10.9. The quantitative estimate of drug-likeness (QED) is 0.667. The summed E-state index contributed by atoms with van der Waals surface area (Å²) in [6.07, 6.45) is 2.19. The average molecular weight is 424 g/mol. The van der Waals surface area contributed by atoms with Crippen LogP contribution in [0.25, 0.3) is 10.3 Å². The lowest BCUT2D eigenvalue weighted by molar-refractivity contribution is -0.120. The van der Waals surface area contributed by atoms with E-state index in [9.17, 15) is 9.18 Å². The molecule has 9 heteroatoms. The zero-order valence-electron chi connectivity index (χ0n) is 16.6. The number of nitrogens with one attached hydrogen (secondary N) is 1. The van der Waals surface area contributed by atoms with E-state index in [1.54, 1.807) is 0 Å². The number of halogens is 1. The highest BCUT2D eigenvalue weighted by Gasteiger charge is 2.32. The molecule has 0 bridgehead atoms. The molecule has 2 saturated carbocycles. The molecule has 0 spiro atoms. The zero-order chi connectivity index (χ0) is 20.4. The fraction of sp³-hybridized carbons (Fsp3) is 0.650. The molecule has 1 N–H and O–H groups in total. The Bertz CT molecular complexity index is 851. The van der Waals surface area contributed by atoms with Gasteiger partial charge in [0.1, 0.15) is 17.8 Å². The van der Waals surface area contributed by atoms with Crippen LogP contribution in [0.3, 0.4) is 0 Å². The van der Waals surface area contributed by atoms with E-state index < -0.39 is 6.17 Å². The Morgan fingerprint density at radius 2 is 2.07 bits per heavy atom. The Balaban J connectivity index is 1.19. The molecular formula is C20H26FN3O4S. The summed E-state index contributed by atoms with van der Waals surface area (Å²) < 4.78 is 30.3. The lowest BCUT2D eigenvalue weighted by atomic mass is 9.83. The summed E-state index contributed by atoms with van der Waals surface area (Å²) in [7, 11) is 0. The van der Waals surface area contributed by atoms with Gasteiger partial charge in [-0.05, 0) is 31.7 Å². The van der Waals surface area contributed by atoms with Gasteiger partial charge in [0.25, 0.3) is 5.19 Å². The Labute approximate surface area is 173 Å². The SMILES string of the molecule is CC(=O)N[C@@H](C)CO[C@H]1C[C@H](COc2ccc3nc(O[C@H]4C[C@@H](F)C4)sc3n2)C1. The summed E-state index contributed by atoms with van der Waals surface area (Å²) in [6.45, 7) is 4.57. The van der Waals surface area contributed by atoms with Gasteiger partial charge in [0.15, 0.2) is 4.83 Å². The predicted octanol–water partition coefficient (Wildman–Crippen LogP) is 3.27. The molecule has 2 aliphatic rings. The molecule has 29 heavy (non-hydrogen) atoms. The highest BCUT2D eigenvalue weighted by atomic mass is 32.1. The van der Waals surface area contributed by atoms with Crippen molar-refractivity contribution in [3.63, 3.8) is 0 Å². The van der Waals surface area contributed by atoms with Crippen molar-refractivity contribution in [1.82, 2.24) is 15.3 Å². The van der Waals surface area contributed by atoms with Crippen molar-refractivity contribution in [3.05, 3.63) is 12.1 Å². The van der Waals surface area contributed by atoms with Gasteiger partial charge in [0.2, 0.25) is 11.8 Å². The fourth-order valence-electron chi connectivity index (χ4n) is 3.47. The van der Waals surface area contributed by atoms with Crippen molar-refractivity contribution >= 4 is 27.6 Å². The third-order valence-corrected chi connectivity index (χ3v) is 6.06. The lowest BCUT2D eigenvalue weighted by Crippen LogP contribution is -2.40. The van der Waals surface area contributed by atoms with Crippen LogP contribution in [0.2, 0.25) is 0 Å². The maximum Gasteiger partial charge on any atom is 0.276 e. The van der Waals surface area contributed by atoms with Crippen LogP contribution >= 0.6 is 11.3 Å². The molecule has 0 unspecified atom stereocenters. The normalized spacial score (nSPS) is 27.0. The summed E-state index contributed by atoms with van der Waals surface area (Å²) in [6, 6.07) is 3.71. The molecule has 158 valence electrons. The number of thiazole rings is 1. The van der Waals surface area contributed by atoms with Gasteiger partial charge in [0, 0.05) is 31.9 Å². The Morgan fingerprint density at radius 1 is 1.28 bits per heavy atom. The summed E-state index contributed by atoms with van der Waals surface area (Å²) in [5.41, 5.74) is 0.763. The summed E-state index contributed by atoms with van der Waals surface area (Å²) in [5.74, 6) is 0.978. The highest BCUT2D eigenvalue weighted by Crippen LogP contribution is 2.34. The number of alkyl halides is 1. The largest absolute Gasteiger partial charge is 0.477 e. The molecule has 0 radical (unpaired) electrons. The van der Waals surface area contributed by atoms with Crippen molar-refractivity contribution in [3.8, 4) is 11.1 Å². The minimum absolute atomic E-state index is 0.0229. The molecule has 0 saturated heterocycles. The number of ether oxygens (including phenoxy) is 3. The molecule has 1 amide bonds. The van der Waals surface area contributed by atoms with E-state index in [0.29, 0.717) is 43.0 Å². The van der Waals surface area contributed by atoms with E-state index >= 15 is 0 Å². The molecule has 2 aromatic heterocycles. The number of hydrogen-bond donors (Lipinski definition) is 1. The van der Waals surface area contributed by atoms with Crippen LogP contribution in [0.15, 0.2) is 12.1 Å². The number of carbonyl (C=O) groups excluding carboxylic acids is 1. The van der Waals surface area contributed by atoms with Gasteiger partial charge in [-0.25, -0.2) is 14.4 Å². The first-order chi connectivity index (χ1) is 13.9. The van der Waals surface area contributed by atoms with Crippen molar-refractivity contribution in [2.24, 2.45) is 5.92 Å². The average Bonchev–Trinajstić information content (AvgIpc) is 2.99. The predicted molar refractivity (Wildman–Crippen MR) is 107 cm³/mol. The van der Waals surface area contributed by atoms with E-state index in [1.807, 2.05) is 19.1 Å². The topological polar surface area (TPSA) is 82.6 Å². The summed E-state index contributed by atoms with van der Waals surface area (Å²) >= 11 is 1.36. The number of amides is 1. The van der Waals surface area contributed by atoms with E-state index in [0.717, 1.165) is 23.2 Å². The van der Waals surface area contributed by atoms with Crippen LogP contribution < -0.4 is 14.8 Å². The molecule has 2 aliphatic carbocycles. The minimum atomic E-state index is -0.746. The van der Waals surface area contributed by atoms with Crippen LogP contribution in [0, 0.1) is 5.92 Å². The van der Waals surface area contributed by atoms with Crippen molar-refractivity contribution in [2.45, 2.75) is 64.0 Å². The number of pyridine rings is 1.